The van der Waals surface area contributed by atoms with Gasteiger partial charge in [0, 0.05) is 0 Å². The molecule has 0 amide bonds. The maximum absolute atomic E-state index is 10.2. The predicted molar refractivity (Wildman–Crippen MR) is 53.1 cm³/mol. The fourth-order valence-electron chi connectivity index (χ4n) is 1.15. The highest BCUT2D eigenvalue weighted by atomic mass is 16.5. The molecule has 0 saturated carbocycles. The zero-order chi connectivity index (χ0) is 10.4. The van der Waals surface area contributed by atoms with Crippen molar-refractivity contribution in [1.29, 1.82) is 0 Å². The van der Waals surface area contributed by atoms with Gasteiger partial charge < -0.3 is 9.84 Å². The molecule has 3 heteroatoms. The van der Waals surface area contributed by atoms with Crippen LogP contribution in [-0.4, -0.2) is 17.7 Å². The number of aryl methyl sites for hydroxylation is 1. The Kier molecular flexibility index (Phi) is 4.13. The minimum atomic E-state index is -0.825. The van der Waals surface area contributed by atoms with Gasteiger partial charge in [0.15, 0.2) is 0 Å². The second kappa shape index (κ2) is 5.40. The Balaban J connectivity index is 2.28. The molecule has 1 aromatic carbocycles. The number of aliphatic carboxylic acids is 1. The first-order valence-electron chi connectivity index (χ1n) is 4.53. The van der Waals surface area contributed by atoms with Crippen molar-refractivity contribution in [3.63, 3.8) is 0 Å². The summed E-state index contributed by atoms with van der Waals surface area (Å²) in [7, 11) is 0. The van der Waals surface area contributed by atoms with Gasteiger partial charge in [0.25, 0.3) is 0 Å². The normalized spacial score (nSPS) is 10.1. The molecule has 0 atom stereocenters. The van der Waals surface area contributed by atoms with Crippen LogP contribution in [0, 0.1) is 6.92 Å². The number of hydrogen-bond acceptors (Lipinski definition) is 2. The summed E-state index contributed by atoms with van der Waals surface area (Å²) >= 11 is 0. The van der Waals surface area contributed by atoms with Crippen molar-refractivity contribution < 1.29 is 14.6 Å². The van der Waals surface area contributed by atoms with Gasteiger partial charge in [-0.1, -0.05) is 29.8 Å². The molecule has 0 spiro atoms. The molecule has 0 bridgehead atoms. The second-order valence-corrected chi connectivity index (χ2v) is 3.19. The summed E-state index contributed by atoms with van der Waals surface area (Å²) in [6, 6.07) is 7.97. The number of benzene rings is 1. The monoisotopic (exact) mass is 194 g/mol. The summed E-state index contributed by atoms with van der Waals surface area (Å²) in [4.78, 5) is 10.2. The standard InChI is InChI=1S/C11H14O3/c1-9-3-2-4-10(7-9)8-14-6-5-11(12)13/h2-4,7H,5-6,8H2,1H3,(H,12,13). The highest BCUT2D eigenvalue weighted by molar-refractivity contribution is 5.66. The van der Waals surface area contributed by atoms with Gasteiger partial charge in [-0.15, -0.1) is 0 Å². The first-order valence-corrected chi connectivity index (χ1v) is 4.53. The Morgan fingerprint density at radius 3 is 2.93 bits per heavy atom. The number of hydrogen-bond donors (Lipinski definition) is 1. The highest BCUT2D eigenvalue weighted by Crippen LogP contribution is 2.05. The molecule has 14 heavy (non-hydrogen) atoms. The van der Waals surface area contributed by atoms with E-state index in [2.05, 4.69) is 0 Å². The van der Waals surface area contributed by atoms with Gasteiger partial charge in [0.2, 0.25) is 0 Å². The lowest BCUT2D eigenvalue weighted by Gasteiger charge is -2.03. The van der Waals surface area contributed by atoms with Crippen LogP contribution in [0.2, 0.25) is 0 Å². The van der Waals surface area contributed by atoms with Crippen LogP contribution in [0.25, 0.3) is 0 Å². The van der Waals surface area contributed by atoms with Crippen LogP contribution in [-0.2, 0) is 16.1 Å². The van der Waals surface area contributed by atoms with E-state index in [1.807, 2.05) is 31.2 Å². The minimum absolute atomic E-state index is 0.0613. The average molecular weight is 194 g/mol. The number of carbonyl (C=O) groups is 1. The lowest BCUT2D eigenvalue weighted by atomic mass is 10.1. The Morgan fingerprint density at radius 1 is 1.50 bits per heavy atom. The van der Waals surface area contributed by atoms with Gasteiger partial charge in [-0.3, -0.25) is 4.79 Å². The zero-order valence-corrected chi connectivity index (χ0v) is 8.19. The van der Waals surface area contributed by atoms with Crippen LogP contribution in [0.4, 0.5) is 0 Å². The van der Waals surface area contributed by atoms with Crippen molar-refractivity contribution in [3.05, 3.63) is 35.4 Å². The van der Waals surface area contributed by atoms with Crippen LogP contribution >= 0.6 is 0 Å². The van der Waals surface area contributed by atoms with Crippen LogP contribution < -0.4 is 0 Å². The van der Waals surface area contributed by atoms with Crippen LogP contribution in [0.1, 0.15) is 17.5 Å². The topological polar surface area (TPSA) is 46.5 Å². The number of ether oxygens (including phenoxy) is 1. The quantitative estimate of drug-likeness (QED) is 0.729. The van der Waals surface area contributed by atoms with E-state index in [9.17, 15) is 4.79 Å². The van der Waals surface area contributed by atoms with Crippen molar-refractivity contribution in [2.45, 2.75) is 20.0 Å². The van der Waals surface area contributed by atoms with Gasteiger partial charge in [0.1, 0.15) is 0 Å². The Labute approximate surface area is 83.3 Å². The third-order valence-corrected chi connectivity index (χ3v) is 1.81. The summed E-state index contributed by atoms with van der Waals surface area (Å²) in [5.41, 5.74) is 2.26. The van der Waals surface area contributed by atoms with Crippen molar-refractivity contribution in [1.82, 2.24) is 0 Å². The molecular formula is C11H14O3. The Morgan fingerprint density at radius 2 is 2.29 bits per heavy atom. The first kappa shape index (κ1) is 10.7. The van der Waals surface area contributed by atoms with E-state index in [-0.39, 0.29) is 13.0 Å². The lowest BCUT2D eigenvalue weighted by Crippen LogP contribution is -2.02. The molecule has 0 aliphatic heterocycles. The van der Waals surface area contributed by atoms with E-state index in [1.54, 1.807) is 0 Å². The van der Waals surface area contributed by atoms with E-state index < -0.39 is 5.97 Å². The number of carboxylic acid groups (broad SMARTS) is 1. The van der Waals surface area contributed by atoms with E-state index in [4.69, 9.17) is 9.84 Å². The van der Waals surface area contributed by atoms with Gasteiger partial charge in [-0.25, -0.2) is 0 Å². The smallest absolute Gasteiger partial charge is 0.305 e. The zero-order valence-electron chi connectivity index (χ0n) is 8.19. The van der Waals surface area contributed by atoms with Gasteiger partial charge in [-0.2, -0.15) is 0 Å². The van der Waals surface area contributed by atoms with Crippen molar-refractivity contribution in [3.8, 4) is 0 Å². The maximum Gasteiger partial charge on any atom is 0.305 e. The summed E-state index contributed by atoms with van der Waals surface area (Å²) in [6.07, 6.45) is 0.0613. The predicted octanol–water partition coefficient (Wildman–Crippen LogP) is 1.99. The summed E-state index contributed by atoms with van der Waals surface area (Å²) in [5.74, 6) is -0.825. The van der Waals surface area contributed by atoms with Gasteiger partial charge in [0.05, 0.1) is 19.6 Å². The summed E-state index contributed by atoms with van der Waals surface area (Å²) < 4.78 is 5.20. The molecule has 0 fully saturated rings. The first-order chi connectivity index (χ1) is 6.68. The third kappa shape index (κ3) is 4.05. The van der Waals surface area contributed by atoms with E-state index in [1.165, 1.54) is 5.56 Å². The third-order valence-electron chi connectivity index (χ3n) is 1.81. The molecule has 1 N–H and O–H groups in total. The molecule has 1 rings (SSSR count). The van der Waals surface area contributed by atoms with Crippen molar-refractivity contribution in [2.75, 3.05) is 6.61 Å². The molecule has 0 aromatic heterocycles. The van der Waals surface area contributed by atoms with E-state index >= 15 is 0 Å². The van der Waals surface area contributed by atoms with Crippen LogP contribution in [0.5, 0.6) is 0 Å². The van der Waals surface area contributed by atoms with Crippen molar-refractivity contribution in [2.24, 2.45) is 0 Å². The van der Waals surface area contributed by atoms with E-state index in [0.717, 1.165) is 5.56 Å². The number of carboxylic acids is 1. The molecule has 0 aliphatic rings. The fourth-order valence-corrected chi connectivity index (χ4v) is 1.15. The fraction of sp³-hybridized carbons (Fsp3) is 0.364. The molecule has 0 radical (unpaired) electrons. The van der Waals surface area contributed by atoms with E-state index in [0.29, 0.717) is 6.61 Å². The Hall–Kier alpha value is -1.35. The molecule has 76 valence electrons. The SMILES string of the molecule is Cc1cccc(COCCC(=O)O)c1. The van der Waals surface area contributed by atoms with Gasteiger partial charge in [-0.05, 0) is 12.5 Å². The molecule has 1 aromatic rings. The second-order valence-electron chi connectivity index (χ2n) is 3.19. The lowest BCUT2D eigenvalue weighted by molar-refractivity contribution is -0.138. The average Bonchev–Trinajstić information content (AvgIpc) is 2.12. The molecule has 0 saturated heterocycles. The van der Waals surface area contributed by atoms with Crippen LogP contribution in [0.3, 0.4) is 0 Å². The molecular weight excluding hydrogens is 180 g/mol. The van der Waals surface area contributed by atoms with Crippen LogP contribution in [0.15, 0.2) is 24.3 Å². The largest absolute Gasteiger partial charge is 0.481 e. The molecule has 0 aliphatic carbocycles. The molecule has 0 unspecified atom stereocenters. The summed E-state index contributed by atoms with van der Waals surface area (Å²) in [5, 5.41) is 8.37. The molecule has 0 heterocycles. The highest BCUT2D eigenvalue weighted by Gasteiger charge is 1.97. The summed E-state index contributed by atoms with van der Waals surface area (Å²) in [6.45, 7) is 2.76. The maximum atomic E-state index is 10.2. The van der Waals surface area contributed by atoms with Crippen molar-refractivity contribution >= 4 is 5.97 Å². The molecule has 3 nitrogen and oxygen atoms in total. The number of rotatable bonds is 5. The Bertz CT molecular complexity index is 307. The van der Waals surface area contributed by atoms with Gasteiger partial charge >= 0.3 is 5.97 Å². The minimum Gasteiger partial charge on any atom is -0.481 e.